The van der Waals surface area contributed by atoms with Crippen LogP contribution in [0.5, 0.6) is 0 Å². The molecule has 0 aromatic heterocycles. The van der Waals surface area contributed by atoms with Gasteiger partial charge in [0.2, 0.25) is 0 Å². The average Bonchev–Trinajstić information content (AvgIpc) is 2.62. The van der Waals surface area contributed by atoms with Crippen LogP contribution in [0.3, 0.4) is 0 Å². The Balaban J connectivity index is 2.10. The molecule has 2 N–H and O–H groups in total. The molecule has 3 aromatic rings. The summed E-state index contributed by atoms with van der Waals surface area (Å²) in [6.45, 7) is 0. The highest BCUT2D eigenvalue weighted by Gasteiger charge is 2.13. The van der Waals surface area contributed by atoms with Crippen LogP contribution in [0.25, 0.3) is 22.3 Å². The normalized spacial score (nSPS) is 10.3. The van der Waals surface area contributed by atoms with Crippen molar-refractivity contribution in [2.75, 3.05) is 0 Å². The van der Waals surface area contributed by atoms with Gasteiger partial charge in [-0.25, -0.2) is 9.59 Å². The van der Waals surface area contributed by atoms with Crippen LogP contribution in [0.4, 0.5) is 0 Å². The fourth-order valence-electron chi connectivity index (χ4n) is 2.57. The van der Waals surface area contributed by atoms with Crippen LogP contribution >= 0.6 is 0 Å². The van der Waals surface area contributed by atoms with Crippen molar-refractivity contribution in [3.8, 4) is 22.3 Å². The van der Waals surface area contributed by atoms with E-state index in [1.807, 2.05) is 36.4 Å². The van der Waals surface area contributed by atoms with Crippen LogP contribution in [0.2, 0.25) is 0 Å². The second-order valence-electron chi connectivity index (χ2n) is 5.31. The van der Waals surface area contributed by atoms with Gasteiger partial charge < -0.3 is 10.2 Å². The molecule has 4 nitrogen and oxygen atoms in total. The third kappa shape index (κ3) is 3.03. The van der Waals surface area contributed by atoms with Gasteiger partial charge in [-0.05, 0) is 46.5 Å². The van der Waals surface area contributed by atoms with Gasteiger partial charge >= 0.3 is 11.9 Å². The Hall–Kier alpha value is -3.40. The quantitative estimate of drug-likeness (QED) is 0.747. The van der Waals surface area contributed by atoms with Crippen LogP contribution in [0, 0.1) is 0 Å². The molecule has 0 aliphatic carbocycles. The van der Waals surface area contributed by atoms with Crippen molar-refractivity contribution >= 4 is 11.9 Å². The third-order valence-corrected chi connectivity index (χ3v) is 3.80. The monoisotopic (exact) mass is 318 g/mol. The molecule has 0 fully saturated rings. The Bertz CT molecular complexity index is 897. The van der Waals surface area contributed by atoms with Gasteiger partial charge in [0.1, 0.15) is 0 Å². The minimum atomic E-state index is -0.985. The predicted molar refractivity (Wildman–Crippen MR) is 91.2 cm³/mol. The first kappa shape index (κ1) is 15.5. The van der Waals surface area contributed by atoms with E-state index in [0.29, 0.717) is 5.56 Å². The van der Waals surface area contributed by atoms with E-state index in [-0.39, 0.29) is 11.1 Å². The lowest BCUT2D eigenvalue weighted by molar-refractivity contribution is 0.0686. The second kappa shape index (κ2) is 6.38. The van der Waals surface area contributed by atoms with Crippen LogP contribution < -0.4 is 0 Å². The van der Waals surface area contributed by atoms with Gasteiger partial charge in [0.15, 0.2) is 0 Å². The van der Waals surface area contributed by atoms with Crippen molar-refractivity contribution in [3.05, 3.63) is 83.9 Å². The standard InChI is InChI=1S/C20H14O4/c21-19(22)15-8-6-13(7-9-15)16-10-11-17(20(23)24)18(12-16)14-4-2-1-3-5-14/h1-12H,(H,21,22)(H,23,24). The lowest BCUT2D eigenvalue weighted by atomic mass is 9.94. The smallest absolute Gasteiger partial charge is 0.336 e. The fourth-order valence-corrected chi connectivity index (χ4v) is 2.57. The van der Waals surface area contributed by atoms with Gasteiger partial charge in [0.25, 0.3) is 0 Å². The van der Waals surface area contributed by atoms with E-state index in [9.17, 15) is 14.7 Å². The van der Waals surface area contributed by atoms with Gasteiger partial charge in [-0.2, -0.15) is 0 Å². The maximum absolute atomic E-state index is 11.5. The Morgan fingerprint density at radius 1 is 0.625 bits per heavy atom. The van der Waals surface area contributed by atoms with E-state index < -0.39 is 11.9 Å². The van der Waals surface area contributed by atoms with Gasteiger partial charge in [-0.3, -0.25) is 0 Å². The maximum atomic E-state index is 11.5. The average molecular weight is 318 g/mol. The molecule has 0 bridgehead atoms. The van der Waals surface area contributed by atoms with E-state index in [1.165, 1.54) is 12.1 Å². The number of carboxylic acid groups (broad SMARTS) is 2. The zero-order chi connectivity index (χ0) is 17.1. The van der Waals surface area contributed by atoms with Crippen LogP contribution in [0.1, 0.15) is 20.7 Å². The number of carboxylic acids is 2. The summed E-state index contributed by atoms with van der Waals surface area (Å²) in [5, 5.41) is 18.4. The van der Waals surface area contributed by atoms with Crippen molar-refractivity contribution in [2.24, 2.45) is 0 Å². The number of rotatable bonds is 4. The van der Waals surface area contributed by atoms with Gasteiger partial charge in [-0.15, -0.1) is 0 Å². The number of hydrogen-bond acceptors (Lipinski definition) is 2. The largest absolute Gasteiger partial charge is 0.478 e. The summed E-state index contributed by atoms with van der Waals surface area (Å²) in [5.41, 5.74) is 3.54. The molecule has 118 valence electrons. The summed E-state index contributed by atoms with van der Waals surface area (Å²) >= 11 is 0. The van der Waals surface area contributed by atoms with Gasteiger partial charge in [0, 0.05) is 0 Å². The summed E-state index contributed by atoms with van der Waals surface area (Å²) in [4.78, 5) is 22.4. The van der Waals surface area contributed by atoms with E-state index >= 15 is 0 Å². The summed E-state index contributed by atoms with van der Waals surface area (Å²) in [6, 6.07) is 20.9. The fraction of sp³-hybridized carbons (Fsp3) is 0. The Morgan fingerprint density at radius 2 is 1.25 bits per heavy atom. The van der Waals surface area contributed by atoms with Gasteiger partial charge in [-0.1, -0.05) is 48.5 Å². The van der Waals surface area contributed by atoms with E-state index in [0.717, 1.165) is 16.7 Å². The SMILES string of the molecule is O=C(O)c1ccc(-c2ccc(C(=O)O)c(-c3ccccc3)c2)cc1. The van der Waals surface area contributed by atoms with Crippen molar-refractivity contribution in [1.29, 1.82) is 0 Å². The maximum Gasteiger partial charge on any atom is 0.336 e. The first-order valence-corrected chi connectivity index (χ1v) is 7.33. The highest BCUT2D eigenvalue weighted by atomic mass is 16.4. The third-order valence-electron chi connectivity index (χ3n) is 3.80. The van der Waals surface area contributed by atoms with Crippen molar-refractivity contribution in [3.63, 3.8) is 0 Å². The first-order valence-electron chi connectivity index (χ1n) is 7.33. The first-order chi connectivity index (χ1) is 11.6. The highest BCUT2D eigenvalue weighted by molar-refractivity contribution is 5.97. The molecular weight excluding hydrogens is 304 g/mol. The van der Waals surface area contributed by atoms with Crippen LogP contribution in [-0.4, -0.2) is 22.2 Å². The Kier molecular flexibility index (Phi) is 4.12. The lowest BCUT2D eigenvalue weighted by Crippen LogP contribution is -2.00. The zero-order valence-electron chi connectivity index (χ0n) is 12.6. The topological polar surface area (TPSA) is 74.6 Å². The molecule has 0 saturated heterocycles. The molecule has 0 heterocycles. The molecule has 0 atom stereocenters. The summed E-state index contributed by atoms with van der Waals surface area (Å²) in [5.74, 6) is -1.96. The predicted octanol–water partition coefficient (Wildman–Crippen LogP) is 4.42. The second-order valence-corrected chi connectivity index (χ2v) is 5.31. The minimum absolute atomic E-state index is 0.212. The number of hydrogen-bond donors (Lipinski definition) is 2. The molecule has 0 spiro atoms. The molecule has 0 aliphatic rings. The lowest BCUT2D eigenvalue weighted by Gasteiger charge is -2.10. The van der Waals surface area contributed by atoms with E-state index in [1.54, 1.807) is 24.3 Å². The van der Waals surface area contributed by atoms with Crippen LogP contribution in [-0.2, 0) is 0 Å². The molecule has 4 heteroatoms. The highest BCUT2D eigenvalue weighted by Crippen LogP contribution is 2.30. The molecule has 0 radical (unpaired) electrons. The summed E-state index contributed by atoms with van der Waals surface area (Å²) in [6.07, 6.45) is 0. The molecule has 0 unspecified atom stereocenters. The minimum Gasteiger partial charge on any atom is -0.478 e. The molecule has 0 saturated carbocycles. The van der Waals surface area contributed by atoms with Crippen molar-refractivity contribution in [2.45, 2.75) is 0 Å². The molecule has 0 aliphatic heterocycles. The number of carbonyl (C=O) groups is 2. The van der Waals surface area contributed by atoms with E-state index in [2.05, 4.69) is 0 Å². The van der Waals surface area contributed by atoms with Crippen molar-refractivity contribution < 1.29 is 19.8 Å². The molecule has 24 heavy (non-hydrogen) atoms. The number of aromatic carboxylic acids is 2. The number of benzene rings is 3. The zero-order valence-corrected chi connectivity index (χ0v) is 12.6. The van der Waals surface area contributed by atoms with Gasteiger partial charge in [0.05, 0.1) is 11.1 Å². The Labute approximate surface area is 138 Å². The molecule has 3 rings (SSSR count). The van der Waals surface area contributed by atoms with Crippen LogP contribution in [0.15, 0.2) is 72.8 Å². The van der Waals surface area contributed by atoms with Crippen molar-refractivity contribution in [1.82, 2.24) is 0 Å². The Morgan fingerprint density at radius 3 is 1.83 bits per heavy atom. The molecule has 0 amide bonds. The van der Waals surface area contributed by atoms with E-state index in [4.69, 9.17) is 5.11 Å². The summed E-state index contributed by atoms with van der Waals surface area (Å²) < 4.78 is 0. The molecular formula is C20H14O4. The summed E-state index contributed by atoms with van der Waals surface area (Å²) in [7, 11) is 0. The molecule has 3 aromatic carbocycles.